The van der Waals surface area contributed by atoms with Gasteiger partial charge in [0.05, 0.1) is 0 Å². The molecule has 0 aromatic heterocycles. The highest BCUT2D eigenvalue weighted by atomic mass is 16.1. The monoisotopic (exact) mass is 310 g/mol. The van der Waals surface area contributed by atoms with Gasteiger partial charge in [-0.05, 0) is 56.8 Å². The van der Waals surface area contributed by atoms with Crippen LogP contribution in [-0.2, 0) is 0 Å². The predicted molar refractivity (Wildman–Crippen MR) is 96.6 cm³/mol. The van der Waals surface area contributed by atoms with Gasteiger partial charge in [0.25, 0.3) is 0 Å². The minimum absolute atomic E-state index is 0.250. The smallest absolute Gasteiger partial charge is 0.165 e. The van der Waals surface area contributed by atoms with E-state index in [4.69, 9.17) is 0 Å². The van der Waals surface area contributed by atoms with Crippen molar-refractivity contribution in [3.8, 4) is 0 Å². The molecule has 2 aliphatic rings. The Hall–Kier alpha value is -1.37. The van der Waals surface area contributed by atoms with Gasteiger partial charge in [0, 0.05) is 11.5 Å². The molecule has 0 aliphatic heterocycles. The third kappa shape index (κ3) is 3.59. The minimum Gasteiger partial charge on any atom is -0.294 e. The second-order valence-electron chi connectivity index (χ2n) is 7.51. The van der Waals surface area contributed by atoms with Crippen molar-refractivity contribution in [2.24, 2.45) is 11.3 Å². The lowest BCUT2D eigenvalue weighted by atomic mass is 9.65. The summed E-state index contributed by atoms with van der Waals surface area (Å²) in [7, 11) is 0. The summed E-state index contributed by atoms with van der Waals surface area (Å²) in [5.74, 6) is 0.621. The maximum Gasteiger partial charge on any atom is 0.165 e. The molecular formula is C22H30O. The molecule has 0 radical (unpaired) electrons. The van der Waals surface area contributed by atoms with Crippen molar-refractivity contribution in [1.29, 1.82) is 0 Å². The van der Waals surface area contributed by atoms with Gasteiger partial charge in [0.1, 0.15) is 0 Å². The summed E-state index contributed by atoms with van der Waals surface area (Å²) in [6.07, 6.45) is 15.0. The number of benzene rings is 1. The molecular weight excluding hydrogens is 280 g/mol. The molecule has 1 fully saturated rings. The van der Waals surface area contributed by atoms with Gasteiger partial charge in [-0.15, -0.1) is 0 Å². The van der Waals surface area contributed by atoms with Gasteiger partial charge in [0.15, 0.2) is 5.78 Å². The van der Waals surface area contributed by atoms with Crippen LogP contribution in [0.1, 0.15) is 81.5 Å². The van der Waals surface area contributed by atoms with Crippen LogP contribution in [0.4, 0.5) is 0 Å². The Labute approximate surface area is 141 Å². The molecule has 1 nitrogen and oxygen atoms in total. The molecule has 0 bridgehead atoms. The van der Waals surface area contributed by atoms with Gasteiger partial charge in [0.2, 0.25) is 0 Å². The highest BCUT2D eigenvalue weighted by Gasteiger charge is 2.41. The predicted octanol–water partition coefficient (Wildman–Crippen LogP) is 6.35. The lowest BCUT2D eigenvalue weighted by Gasteiger charge is -2.39. The average Bonchev–Trinajstić information content (AvgIpc) is 2.98. The van der Waals surface area contributed by atoms with E-state index < -0.39 is 0 Å². The zero-order valence-corrected chi connectivity index (χ0v) is 14.5. The van der Waals surface area contributed by atoms with Crippen LogP contribution in [-0.4, -0.2) is 5.78 Å². The summed E-state index contributed by atoms with van der Waals surface area (Å²) in [5, 5.41) is 0. The number of rotatable bonds is 6. The number of Topliss-reactive ketones (excluding diaryl/α,β-unsaturated/α-hetero) is 1. The quantitative estimate of drug-likeness (QED) is 0.340. The third-order valence-electron chi connectivity index (χ3n) is 6.12. The minimum atomic E-state index is 0.250. The molecule has 1 spiro atoms. The lowest BCUT2D eigenvalue weighted by Crippen LogP contribution is -2.30. The molecule has 0 unspecified atom stereocenters. The molecule has 0 heterocycles. The van der Waals surface area contributed by atoms with E-state index in [1.807, 2.05) is 30.3 Å². The molecule has 0 amide bonds. The van der Waals surface area contributed by atoms with Crippen molar-refractivity contribution in [2.45, 2.75) is 71.1 Å². The Morgan fingerprint density at radius 1 is 1.09 bits per heavy atom. The topological polar surface area (TPSA) is 17.1 Å². The third-order valence-corrected chi connectivity index (χ3v) is 6.12. The van der Waals surface area contributed by atoms with E-state index >= 15 is 0 Å². The van der Waals surface area contributed by atoms with Gasteiger partial charge >= 0.3 is 0 Å². The van der Waals surface area contributed by atoms with Crippen molar-refractivity contribution >= 4 is 5.78 Å². The fourth-order valence-corrected chi connectivity index (χ4v) is 4.67. The van der Waals surface area contributed by atoms with E-state index in [1.54, 1.807) is 5.57 Å². The molecule has 2 aliphatic carbocycles. The Kier molecular flexibility index (Phi) is 5.35. The first-order valence-corrected chi connectivity index (χ1v) is 9.54. The number of carbonyl (C=O) groups excluding carboxylic acids is 1. The van der Waals surface area contributed by atoms with Crippen LogP contribution >= 0.6 is 0 Å². The summed E-state index contributed by atoms with van der Waals surface area (Å²) in [5.41, 5.74) is 3.09. The molecule has 0 saturated heterocycles. The molecule has 23 heavy (non-hydrogen) atoms. The van der Waals surface area contributed by atoms with Crippen LogP contribution in [0.2, 0.25) is 0 Å². The van der Waals surface area contributed by atoms with Crippen LogP contribution in [0.25, 0.3) is 0 Å². The maximum atomic E-state index is 12.7. The highest BCUT2D eigenvalue weighted by molar-refractivity contribution is 5.97. The lowest BCUT2D eigenvalue weighted by molar-refractivity contribution is 0.0834. The Morgan fingerprint density at radius 3 is 2.52 bits per heavy atom. The van der Waals surface area contributed by atoms with Gasteiger partial charge < -0.3 is 0 Å². The van der Waals surface area contributed by atoms with Gasteiger partial charge in [-0.3, -0.25) is 4.79 Å². The fourth-order valence-electron chi connectivity index (χ4n) is 4.67. The molecule has 0 N–H and O–H groups in total. The van der Waals surface area contributed by atoms with E-state index in [-0.39, 0.29) is 5.92 Å². The second kappa shape index (κ2) is 7.47. The molecule has 1 aromatic rings. The maximum absolute atomic E-state index is 12.7. The Morgan fingerprint density at radius 2 is 1.83 bits per heavy atom. The van der Waals surface area contributed by atoms with E-state index in [2.05, 4.69) is 13.0 Å². The Bertz CT molecular complexity index is 547. The van der Waals surface area contributed by atoms with Crippen LogP contribution < -0.4 is 0 Å². The van der Waals surface area contributed by atoms with Crippen LogP contribution in [0, 0.1) is 11.3 Å². The largest absolute Gasteiger partial charge is 0.294 e. The summed E-state index contributed by atoms with van der Waals surface area (Å²) < 4.78 is 0. The van der Waals surface area contributed by atoms with Crippen LogP contribution in [0.15, 0.2) is 42.0 Å². The van der Waals surface area contributed by atoms with Gasteiger partial charge in [-0.25, -0.2) is 0 Å². The summed E-state index contributed by atoms with van der Waals surface area (Å²) >= 11 is 0. The standard InChI is InChI=1S/C22H30O/c1-2-3-5-11-20-12-8-15-22(20)16-13-19(14-17-22)21(23)18-9-6-4-7-10-18/h4,6-7,9-10,12,19H,2-3,5,8,11,13-17H2,1H3. The molecule has 124 valence electrons. The zero-order valence-electron chi connectivity index (χ0n) is 14.5. The number of unbranched alkanes of at least 4 members (excludes halogenated alkanes) is 2. The normalized spacial score (nSPS) is 27.2. The zero-order chi connectivity index (χ0) is 16.1. The highest BCUT2D eigenvalue weighted by Crippen LogP contribution is 2.52. The first-order valence-electron chi connectivity index (χ1n) is 9.54. The van der Waals surface area contributed by atoms with E-state index in [0.717, 1.165) is 18.4 Å². The number of ketones is 1. The van der Waals surface area contributed by atoms with Crippen molar-refractivity contribution in [1.82, 2.24) is 0 Å². The summed E-state index contributed by atoms with van der Waals surface area (Å²) in [6, 6.07) is 9.88. The van der Waals surface area contributed by atoms with Crippen molar-refractivity contribution in [3.05, 3.63) is 47.5 Å². The number of hydrogen-bond acceptors (Lipinski definition) is 1. The van der Waals surface area contributed by atoms with Crippen molar-refractivity contribution in [2.75, 3.05) is 0 Å². The first kappa shape index (κ1) is 16.5. The molecule has 1 aromatic carbocycles. The number of hydrogen-bond donors (Lipinski definition) is 0. The van der Waals surface area contributed by atoms with E-state index in [9.17, 15) is 4.79 Å². The van der Waals surface area contributed by atoms with E-state index in [0.29, 0.717) is 11.2 Å². The van der Waals surface area contributed by atoms with Gasteiger partial charge in [-0.1, -0.05) is 61.7 Å². The van der Waals surface area contributed by atoms with Gasteiger partial charge in [-0.2, -0.15) is 0 Å². The molecule has 0 atom stereocenters. The molecule has 1 heteroatoms. The molecule has 1 saturated carbocycles. The average molecular weight is 310 g/mol. The van der Waals surface area contributed by atoms with Crippen LogP contribution in [0.5, 0.6) is 0 Å². The number of allylic oxidation sites excluding steroid dienone is 2. The van der Waals surface area contributed by atoms with Crippen LogP contribution in [0.3, 0.4) is 0 Å². The van der Waals surface area contributed by atoms with Crippen molar-refractivity contribution < 1.29 is 4.79 Å². The number of carbonyl (C=O) groups is 1. The summed E-state index contributed by atoms with van der Waals surface area (Å²) in [4.78, 5) is 12.7. The molecule has 3 rings (SSSR count). The summed E-state index contributed by atoms with van der Waals surface area (Å²) in [6.45, 7) is 2.28. The Balaban J connectivity index is 1.59. The van der Waals surface area contributed by atoms with E-state index in [1.165, 1.54) is 51.4 Å². The fraction of sp³-hybridized carbons (Fsp3) is 0.591. The SMILES string of the molecule is CCCCCC1=CCCC12CCC(C(=O)c1ccccc1)CC2. The second-order valence-corrected chi connectivity index (χ2v) is 7.51. The van der Waals surface area contributed by atoms with Crippen molar-refractivity contribution in [3.63, 3.8) is 0 Å². The first-order chi connectivity index (χ1) is 11.2.